The maximum Gasteiger partial charge on any atom is 0.262 e. The van der Waals surface area contributed by atoms with E-state index in [1.807, 2.05) is 35.6 Å². The van der Waals surface area contributed by atoms with Crippen molar-refractivity contribution in [3.05, 3.63) is 34.6 Å². The predicted octanol–water partition coefficient (Wildman–Crippen LogP) is 3.06. The minimum Gasteiger partial charge on any atom is -0.298 e. The number of hydrogen-bond donors (Lipinski definition) is 0. The smallest absolute Gasteiger partial charge is 0.262 e. The molecule has 1 aliphatic rings. The lowest BCUT2D eigenvalue weighted by molar-refractivity contribution is -0.119. The van der Waals surface area contributed by atoms with Crippen LogP contribution in [-0.4, -0.2) is 30.2 Å². The number of nitrogens with zero attached hydrogens (tertiary/aromatic N) is 4. The van der Waals surface area contributed by atoms with Crippen LogP contribution in [0.15, 0.2) is 34.2 Å². The lowest BCUT2D eigenvalue weighted by atomic mass is 9.99. The van der Waals surface area contributed by atoms with Crippen LogP contribution in [-0.2, 0) is 11.3 Å². The molecule has 130 valence electrons. The number of rotatable bonds is 4. The molecule has 0 N–H and O–H groups in total. The molecule has 1 fully saturated rings. The average molecular weight is 356 g/mol. The third-order valence-corrected chi connectivity index (χ3v) is 5.93. The summed E-state index contributed by atoms with van der Waals surface area (Å²) in [6.45, 7) is 2.63. The van der Waals surface area contributed by atoms with Gasteiger partial charge in [-0.15, -0.1) is 10.2 Å². The van der Waals surface area contributed by atoms with Crippen LogP contribution < -0.4 is 5.56 Å². The fourth-order valence-electron chi connectivity index (χ4n) is 3.44. The molecule has 25 heavy (non-hydrogen) atoms. The van der Waals surface area contributed by atoms with Gasteiger partial charge in [0.05, 0.1) is 16.2 Å². The molecule has 0 aliphatic heterocycles. The summed E-state index contributed by atoms with van der Waals surface area (Å²) >= 11 is 1.48. The van der Waals surface area contributed by atoms with E-state index in [0.29, 0.717) is 35.1 Å². The van der Waals surface area contributed by atoms with Crippen molar-refractivity contribution in [1.82, 2.24) is 19.2 Å². The zero-order chi connectivity index (χ0) is 17.4. The lowest BCUT2D eigenvalue weighted by Gasteiger charge is -2.19. The van der Waals surface area contributed by atoms with Gasteiger partial charge in [0.1, 0.15) is 5.78 Å². The number of carbonyl (C=O) groups excluding carboxylic acids is 1. The lowest BCUT2D eigenvalue weighted by Crippen LogP contribution is -2.24. The quantitative estimate of drug-likeness (QED) is 0.719. The van der Waals surface area contributed by atoms with E-state index in [4.69, 9.17) is 0 Å². The summed E-state index contributed by atoms with van der Waals surface area (Å²) < 4.78 is 3.61. The van der Waals surface area contributed by atoms with E-state index in [2.05, 4.69) is 10.2 Å². The summed E-state index contributed by atoms with van der Waals surface area (Å²) in [5.41, 5.74) is 0.758. The van der Waals surface area contributed by atoms with Gasteiger partial charge >= 0.3 is 0 Å². The van der Waals surface area contributed by atoms with E-state index in [-0.39, 0.29) is 10.8 Å². The van der Waals surface area contributed by atoms with Crippen molar-refractivity contribution in [2.75, 3.05) is 0 Å². The van der Waals surface area contributed by atoms with Crippen LogP contribution in [0.1, 0.15) is 39.0 Å². The Balaban J connectivity index is 1.92. The zero-order valence-electron chi connectivity index (χ0n) is 14.1. The first-order chi connectivity index (χ1) is 12.2. The highest BCUT2D eigenvalue weighted by molar-refractivity contribution is 8.00. The largest absolute Gasteiger partial charge is 0.298 e. The highest BCUT2D eigenvalue weighted by Gasteiger charge is 2.26. The van der Waals surface area contributed by atoms with Crippen molar-refractivity contribution in [1.29, 1.82) is 0 Å². The predicted molar refractivity (Wildman–Crippen MR) is 98.2 cm³/mol. The Morgan fingerprint density at radius 1 is 1.20 bits per heavy atom. The van der Waals surface area contributed by atoms with Crippen LogP contribution in [0, 0.1) is 0 Å². The second-order valence-corrected chi connectivity index (χ2v) is 7.58. The molecular formula is C18H20N4O2S. The van der Waals surface area contributed by atoms with E-state index >= 15 is 0 Å². The Labute approximate surface area is 149 Å². The Morgan fingerprint density at radius 3 is 2.84 bits per heavy atom. The summed E-state index contributed by atoms with van der Waals surface area (Å²) in [5, 5.41) is 9.88. The molecule has 1 aliphatic carbocycles. The molecule has 1 aromatic carbocycles. The molecule has 1 unspecified atom stereocenters. The monoisotopic (exact) mass is 356 g/mol. The zero-order valence-corrected chi connectivity index (χ0v) is 15.0. The van der Waals surface area contributed by atoms with Crippen molar-refractivity contribution >= 4 is 34.2 Å². The first kappa shape index (κ1) is 16.3. The van der Waals surface area contributed by atoms with Crippen molar-refractivity contribution in [3.63, 3.8) is 0 Å². The van der Waals surface area contributed by atoms with Crippen molar-refractivity contribution in [3.8, 4) is 0 Å². The molecule has 4 rings (SSSR count). The van der Waals surface area contributed by atoms with E-state index < -0.39 is 0 Å². The van der Waals surface area contributed by atoms with Crippen LogP contribution in [0.3, 0.4) is 0 Å². The van der Waals surface area contributed by atoms with Gasteiger partial charge in [0, 0.05) is 13.0 Å². The van der Waals surface area contributed by atoms with Crippen LogP contribution in [0.4, 0.5) is 0 Å². The van der Waals surface area contributed by atoms with Gasteiger partial charge in [0.25, 0.3) is 5.56 Å². The van der Waals surface area contributed by atoms with E-state index in [1.165, 1.54) is 11.8 Å². The van der Waals surface area contributed by atoms with E-state index in [1.54, 1.807) is 4.57 Å². The van der Waals surface area contributed by atoms with Gasteiger partial charge in [0.15, 0.2) is 5.16 Å². The molecule has 6 nitrogen and oxygen atoms in total. The second-order valence-electron chi connectivity index (χ2n) is 6.41. The topological polar surface area (TPSA) is 69.3 Å². The number of Topliss-reactive ketones (excluding diaryl/α,β-unsaturated/α-hetero) is 1. The molecular weight excluding hydrogens is 336 g/mol. The fraction of sp³-hybridized carbons (Fsp3) is 0.444. The molecule has 2 aromatic heterocycles. The Kier molecular flexibility index (Phi) is 4.33. The van der Waals surface area contributed by atoms with Crippen molar-refractivity contribution < 1.29 is 4.79 Å². The molecule has 0 bridgehead atoms. The molecule has 2 heterocycles. The fourth-order valence-corrected chi connectivity index (χ4v) is 4.60. The number of aromatic nitrogens is 4. The number of thioether (sulfide) groups is 1. The number of ketones is 1. The molecule has 1 saturated carbocycles. The Bertz CT molecular complexity index is 1010. The maximum atomic E-state index is 12.8. The number of carbonyl (C=O) groups is 1. The Morgan fingerprint density at radius 2 is 2.04 bits per heavy atom. The average Bonchev–Trinajstić information content (AvgIpc) is 3.04. The van der Waals surface area contributed by atoms with Gasteiger partial charge in [-0.2, -0.15) is 0 Å². The molecule has 0 saturated heterocycles. The first-order valence-corrected chi connectivity index (χ1v) is 9.64. The minimum atomic E-state index is -0.0635. The normalized spacial score (nSPS) is 18.3. The van der Waals surface area contributed by atoms with E-state index in [9.17, 15) is 9.59 Å². The third-order valence-electron chi connectivity index (χ3n) is 4.67. The number of fused-ring (bicyclic) bond motifs is 3. The Hall–Kier alpha value is -2.15. The van der Waals surface area contributed by atoms with Gasteiger partial charge in [-0.1, -0.05) is 37.2 Å². The van der Waals surface area contributed by atoms with Crippen LogP contribution in [0.2, 0.25) is 0 Å². The molecule has 0 radical (unpaired) electrons. The van der Waals surface area contributed by atoms with Crippen molar-refractivity contribution in [2.45, 2.75) is 56.0 Å². The second kappa shape index (κ2) is 6.63. The molecule has 1 atom stereocenters. The summed E-state index contributed by atoms with van der Waals surface area (Å²) in [5.74, 6) is 0.843. The van der Waals surface area contributed by atoms with E-state index in [0.717, 1.165) is 31.2 Å². The number of aryl methyl sites for hydroxylation is 1. The number of hydrogen-bond acceptors (Lipinski definition) is 5. The van der Waals surface area contributed by atoms with Gasteiger partial charge < -0.3 is 0 Å². The molecule has 0 amide bonds. The van der Waals surface area contributed by atoms with Crippen LogP contribution >= 0.6 is 11.8 Å². The SMILES string of the molecule is CCCn1c(=O)c2ccccc2n2c(SC3CCCCC3=O)nnc12. The van der Waals surface area contributed by atoms with Crippen LogP contribution in [0.5, 0.6) is 0 Å². The van der Waals surface area contributed by atoms with Gasteiger partial charge in [-0.05, 0) is 31.4 Å². The highest BCUT2D eigenvalue weighted by Crippen LogP contribution is 2.31. The standard InChI is InChI=1S/C18H20N4O2S/c1-2-11-21-16(24)12-7-3-4-8-13(12)22-17(21)19-20-18(22)25-15-10-6-5-9-14(15)23/h3-4,7-8,15H,2,5-6,9-11H2,1H3. The maximum absolute atomic E-state index is 12.8. The highest BCUT2D eigenvalue weighted by atomic mass is 32.2. The minimum absolute atomic E-state index is 0.0392. The summed E-state index contributed by atoms with van der Waals surface area (Å²) in [4.78, 5) is 25.0. The molecule has 0 spiro atoms. The third kappa shape index (κ3) is 2.76. The molecule has 7 heteroatoms. The summed E-state index contributed by atoms with van der Waals surface area (Å²) in [6.07, 6.45) is 4.42. The number of benzene rings is 1. The van der Waals surface area contributed by atoms with Crippen molar-refractivity contribution in [2.24, 2.45) is 0 Å². The summed E-state index contributed by atoms with van der Waals surface area (Å²) in [6, 6.07) is 7.53. The van der Waals surface area contributed by atoms with Gasteiger partial charge in [-0.3, -0.25) is 18.6 Å². The van der Waals surface area contributed by atoms with Gasteiger partial charge in [0.2, 0.25) is 5.78 Å². The van der Waals surface area contributed by atoms with Gasteiger partial charge in [-0.25, -0.2) is 0 Å². The first-order valence-electron chi connectivity index (χ1n) is 8.76. The summed E-state index contributed by atoms with van der Waals surface area (Å²) in [7, 11) is 0. The molecule has 3 aromatic rings. The number of para-hydroxylation sites is 1. The van der Waals surface area contributed by atoms with Crippen LogP contribution in [0.25, 0.3) is 16.7 Å².